The summed E-state index contributed by atoms with van der Waals surface area (Å²) in [5.41, 5.74) is 7.74. The van der Waals surface area contributed by atoms with Gasteiger partial charge in [0, 0.05) is 41.1 Å². The Kier molecular flexibility index (Phi) is 4.18. The van der Waals surface area contributed by atoms with Crippen LogP contribution < -0.4 is 5.73 Å². The van der Waals surface area contributed by atoms with Crippen molar-refractivity contribution in [2.45, 2.75) is 26.7 Å². The molecule has 27 heavy (non-hydrogen) atoms. The molecule has 2 aromatic rings. The van der Waals surface area contributed by atoms with Crippen LogP contribution in [0.25, 0.3) is 10.6 Å². The van der Waals surface area contributed by atoms with Crippen LogP contribution in [0, 0.1) is 10.8 Å². The molecule has 0 unspecified atom stereocenters. The monoisotopic (exact) mass is 381 g/mol. The fourth-order valence-electron chi connectivity index (χ4n) is 4.31. The van der Waals surface area contributed by atoms with Crippen molar-refractivity contribution in [2.75, 3.05) is 13.1 Å². The molecule has 1 spiro atoms. The Hall–Kier alpha value is -2.47. The van der Waals surface area contributed by atoms with Gasteiger partial charge in [0.2, 0.25) is 5.91 Å². The molecule has 1 amide bonds. The van der Waals surface area contributed by atoms with Crippen molar-refractivity contribution in [1.29, 1.82) is 0 Å². The van der Waals surface area contributed by atoms with Gasteiger partial charge in [-0.3, -0.25) is 9.59 Å². The van der Waals surface area contributed by atoms with E-state index in [9.17, 15) is 9.59 Å². The number of likely N-dealkylation sites (tertiary alicyclic amines) is 1. The van der Waals surface area contributed by atoms with Crippen LogP contribution >= 0.6 is 11.3 Å². The van der Waals surface area contributed by atoms with Gasteiger partial charge >= 0.3 is 0 Å². The largest absolute Gasteiger partial charge is 0.396 e. The summed E-state index contributed by atoms with van der Waals surface area (Å²) in [7, 11) is 0. The summed E-state index contributed by atoms with van der Waals surface area (Å²) in [4.78, 5) is 31.0. The van der Waals surface area contributed by atoms with Crippen molar-refractivity contribution in [3.8, 4) is 10.6 Å². The lowest BCUT2D eigenvalue weighted by Crippen LogP contribution is -2.61. The molecule has 1 aromatic carbocycles. The quantitative estimate of drug-likeness (QED) is 0.887. The SMILES string of the molecule is CC1(C)CC2(C=C(N)C1=O)CN(C(=O)Cc1ccc(-c3nccs3)cc1)C2. The minimum atomic E-state index is -0.459. The molecule has 1 saturated heterocycles. The standard InChI is InChI=1S/C21H23N3O2S/c1-20(2)11-21(10-16(22)18(20)26)12-24(13-21)17(25)9-14-3-5-15(6-4-14)19-23-7-8-27-19/h3-8,10H,9,11-13,22H2,1-2H3. The summed E-state index contributed by atoms with van der Waals surface area (Å²) >= 11 is 1.60. The number of thiazole rings is 1. The molecule has 0 atom stereocenters. The summed E-state index contributed by atoms with van der Waals surface area (Å²) in [5, 5.41) is 2.93. The molecule has 0 bridgehead atoms. The number of hydrogen-bond donors (Lipinski definition) is 1. The second kappa shape index (κ2) is 6.30. The number of amides is 1. The predicted molar refractivity (Wildman–Crippen MR) is 106 cm³/mol. The van der Waals surface area contributed by atoms with Crippen LogP contribution in [0.1, 0.15) is 25.8 Å². The molecule has 0 radical (unpaired) electrons. The van der Waals surface area contributed by atoms with Gasteiger partial charge in [-0.05, 0) is 18.1 Å². The third-order valence-electron chi connectivity index (χ3n) is 5.49. The molecular weight excluding hydrogens is 358 g/mol. The number of aromatic nitrogens is 1. The zero-order chi connectivity index (χ0) is 19.2. The molecule has 5 nitrogen and oxygen atoms in total. The van der Waals surface area contributed by atoms with E-state index < -0.39 is 5.41 Å². The number of Topliss-reactive ketones (excluding diaryl/α,β-unsaturated/α-hetero) is 1. The van der Waals surface area contributed by atoms with E-state index in [1.807, 2.05) is 54.5 Å². The number of rotatable bonds is 3. The maximum atomic E-state index is 12.6. The minimum absolute atomic E-state index is 0.0122. The van der Waals surface area contributed by atoms with Crippen LogP contribution in [0.15, 0.2) is 47.6 Å². The molecule has 140 valence electrons. The maximum absolute atomic E-state index is 12.6. The van der Waals surface area contributed by atoms with Crippen LogP contribution in [0.4, 0.5) is 0 Å². The Morgan fingerprint density at radius 2 is 1.96 bits per heavy atom. The molecule has 0 saturated carbocycles. The van der Waals surface area contributed by atoms with E-state index in [0.717, 1.165) is 22.6 Å². The first-order valence-corrected chi connectivity index (χ1v) is 9.96. The second-order valence-corrected chi connectivity index (χ2v) is 9.21. The van der Waals surface area contributed by atoms with Crippen LogP contribution in [-0.4, -0.2) is 34.7 Å². The van der Waals surface area contributed by atoms with Gasteiger partial charge in [0.05, 0.1) is 12.1 Å². The number of carbonyl (C=O) groups excluding carboxylic acids is 2. The van der Waals surface area contributed by atoms with Crippen molar-refractivity contribution < 1.29 is 9.59 Å². The third kappa shape index (κ3) is 3.30. The summed E-state index contributed by atoms with van der Waals surface area (Å²) in [6, 6.07) is 8.00. The Morgan fingerprint density at radius 1 is 1.26 bits per heavy atom. The molecule has 4 rings (SSSR count). The van der Waals surface area contributed by atoms with Crippen molar-refractivity contribution in [2.24, 2.45) is 16.6 Å². The second-order valence-electron chi connectivity index (χ2n) is 8.31. The molecule has 2 heterocycles. The van der Waals surface area contributed by atoms with Crippen molar-refractivity contribution >= 4 is 23.0 Å². The van der Waals surface area contributed by atoms with Gasteiger partial charge in [-0.25, -0.2) is 4.98 Å². The topological polar surface area (TPSA) is 76.3 Å². The summed E-state index contributed by atoms with van der Waals surface area (Å²) in [5.74, 6) is 0.127. The molecular formula is C21H23N3O2S. The summed E-state index contributed by atoms with van der Waals surface area (Å²) < 4.78 is 0. The van der Waals surface area contributed by atoms with Gasteiger partial charge in [-0.2, -0.15) is 0 Å². The molecule has 2 N–H and O–H groups in total. The van der Waals surface area contributed by atoms with Crippen LogP contribution in [-0.2, 0) is 16.0 Å². The van der Waals surface area contributed by atoms with Crippen LogP contribution in [0.3, 0.4) is 0 Å². The van der Waals surface area contributed by atoms with Gasteiger partial charge in [0.1, 0.15) is 5.01 Å². The highest BCUT2D eigenvalue weighted by Crippen LogP contribution is 2.47. The Labute approximate surface area is 162 Å². The third-order valence-corrected chi connectivity index (χ3v) is 6.31. The Morgan fingerprint density at radius 3 is 2.56 bits per heavy atom. The lowest BCUT2D eigenvalue weighted by Gasteiger charge is -2.53. The van der Waals surface area contributed by atoms with Crippen molar-refractivity contribution in [1.82, 2.24) is 9.88 Å². The molecule has 1 aliphatic carbocycles. The van der Waals surface area contributed by atoms with Crippen LogP contribution in [0.2, 0.25) is 0 Å². The molecule has 2 aliphatic rings. The lowest BCUT2D eigenvalue weighted by molar-refractivity contribution is -0.143. The van der Waals surface area contributed by atoms with Crippen LogP contribution in [0.5, 0.6) is 0 Å². The summed E-state index contributed by atoms with van der Waals surface area (Å²) in [6.07, 6.45) is 4.80. The first-order chi connectivity index (χ1) is 12.8. The van der Waals surface area contributed by atoms with E-state index in [1.165, 1.54) is 0 Å². The van der Waals surface area contributed by atoms with Gasteiger partial charge in [-0.1, -0.05) is 38.1 Å². The van der Waals surface area contributed by atoms with Crippen molar-refractivity contribution in [3.05, 3.63) is 53.2 Å². The number of ketones is 1. The van der Waals surface area contributed by atoms with E-state index >= 15 is 0 Å². The smallest absolute Gasteiger partial charge is 0.227 e. The number of carbonyl (C=O) groups is 2. The van der Waals surface area contributed by atoms with Gasteiger partial charge in [0.25, 0.3) is 0 Å². The zero-order valence-corrected chi connectivity index (χ0v) is 16.4. The Balaban J connectivity index is 1.39. The molecule has 1 aromatic heterocycles. The highest BCUT2D eigenvalue weighted by atomic mass is 32.1. The molecule has 6 heteroatoms. The summed E-state index contributed by atoms with van der Waals surface area (Å²) in [6.45, 7) is 5.15. The highest BCUT2D eigenvalue weighted by Gasteiger charge is 2.51. The van der Waals surface area contributed by atoms with Crippen molar-refractivity contribution in [3.63, 3.8) is 0 Å². The van der Waals surface area contributed by atoms with Gasteiger partial charge < -0.3 is 10.6 Å². The first kappa shape index (κ1) is 17.9. The van der Waals surface area contributed by atoms with E-state index in [1.54, 1.807) is 17.5 Å². The fourth-order valence-corrected chi connectivity index (χ4v) is 4.95. The average Bonchev–Trinajstić information content (AvgIpc) is 3.12. The Bertz CT molecular complexity index is 907. The predicted octanol–water partition coefficient (Wildman–Crippen LogP) is 3.02. The highest BCUT2D eigenvalue weighted by molar-refractivity contribution is 7.13. The number of hydrogen-bond acceptors (Lipinski definition) is 5. The number of nitrogens with zero attached hydrogens (tertiary/aromatic N) is 2. The van der Waals surface area contributed by atoms with E-state index in [2.05, 4.69) is 4.98 Å². The van der Waals surface area contributed by atoms with E-state index in [4.69, 9.17) is 5.73 Å². The number of benzene rings is 1. The maximum Gasteiger partial charge on any atom is 0.227 e. The number of nitrogens with two attached hydrogens (primary N) is 1. The van der Waals surface area contributed by atoms with E-state index in [-0.39, 0.29) is 17.1 Å². The zero-order valence-electron chi connectivity index (χ0n) is 15.6. The minimum Gasteiger partial charge on any atom is -0.396 e. The molecule has 1 fully saturated rings. The lowest BCUT2D eigenvalue weighted by atomic mass is 9.62. The fraction of sp³-hybridized carbons (Fsp3) is 0.381. The normalized spacial score (nSPS) is 20.3. The number of allylic oxidation sites excluding steroid dienone is 1. The molecule has 1 aliphatic heterocycles. The first-order valence-electron chi connectivity index (χ1n) is 9.08. The van der Waals surface area contributed by atoms with Gasteiger partial charge in [-0.15, -0.1) is 11.3 Å². The van der Waals surface area contributed by atoms with Gasteiger partial charge in [0.15, 0.2) is 5.78 Å². The average molecular weight is 382 g/mol. The van der Waals surface area contributed by atoms with E-state index in [0.29, 0.717) is 25.2 Å².